The van der Waals surface area contributed by atoms with Crippen LogP contribution in [0.2, 0.25) is 0 Å². The monoisotopic (exact) mass is 308 g/mol. The highest BCUT2D eigenvalue weighted by atomic mass is 35.5. The molecule has 0 aliphatic heterocycles. The second kappa shape index (κ2) is 7.09. The molecule has 0 aliphatic rings. The molecule has 110 valence electrons. The van der Waals surface area contributed by atoms with Gasteiger partial charge in [-0.2, -0.15) is 0 Å². The highest BCUT2D eigenvalue weighted by Crippen LogP contribution is 2.25. The molecule has 0 heterocycles. The van der Waals surface area contributed by atoms with Gasteiger partial charge in [0.1, 0.15) is 5.75 Å². The van der Waals surface area contributed by atoms with E-state index in [0.29, 0.717) is 11.3 Å². The van der Waals surface area contributed by atoms with Crippen LogP contribution in [0.1, 0.15) is 18.1 Å². The van der Waals surface area contributed by atoms with Gasteiger partial charge >= 0.3 is 0 Å². The summed E-state index contributed by atoms with van der Waals surface area (Å²) < 4.78 is 32.0. The number of ether oxygens (including phenoxy) is 1. The molecule has 0 bridgehead atoms. The van der Waals surface area contributed by atoms with E-state index < -0.39 is 10.0 Å². The number of methoxy groups -OCH3 is 1. The quantitative estimate of drug-likeness (QED) is 0.860. The Bertz CT molecular complexity index is 532. The third-order valence-corrected chi connectivity index (χ3v) is 4.42. The van der Waals surface area contributed by atoms with Crippen molar-refractivity contribution in [3.63, 3.8) is 0 Å². The first-order valence-corrected chi connectivity index (χ1v) is 7.17. The molecule has 1 aromatic carbocycles. The molecule has 0 aliphatic carbocycles. The van der Waals surface area contributed by atoms with Crippen molar-refractivity contribution in [3.8, 4) is 5.75 Å². The predicted octanol–water partition coefficient (Wildman–Crippen LogP) is 1.36. The molecule has 5 nitrogen and oxygen atoms in total. The fourth-order valence-electron chi connectivity index (χ4n) is 1.65. The van der Waals surface area contributed by atoms with Gasteiger partial charge in [-0.05, 0) is 44.0 Å². The van der Waals surface area contributed by atoms with Gasteiger partial charge in [-0.3, -0.25) is 0 Å². The molecule has 0 aromatic heterocycles. The smallest absolute Gasteiger partial charge is 0.241 e. The second-order valence-corrected chi connectivity index (χ2v) is 6.03. The average molecular weight is 309 g/mol. The van der Waals surface area contributed by atoms with Crippen molar-refractivity contribution in [2.24, 2.45) is 5.73 Å². The van der Waals surface area contributed by atoms with E-state index >= 15 is 0 Å². The third kappa shape index (κ3) is 4.35. The molecule has 0 saturated carbocycles. The van der Waals surface area contributed by atoms with E-state index in [1.165, 1.54) is 0 Å². The van der Waals surface area contributed by atoms with Gasteiger partial charge in [0.25, 0.3) is 0 Å². The Hall–Kier alpha value is -0.820. The minimum atomic E-state index is -3.54. The molecular weight excluding hydrogens is 288 g/mol. The number of hydrogen-bond acceptors (Lipinski definition) is 4. The maximum atomic E-state index is 12.2. The Kier molecular flexibility index (Phi) is 6.79. The summed E-state index contributed by atoms with van der Waals surface area (Å²) in [5, 5.41) is 0. The van der Waals surface area contributed by atoms with Crippen molar-refractivity contribution in [2.45, 2.75) is 31.7 Å². The highest BCUT2D eigenvalue weighted by Gasteiger charge is 2.20. The van der Waals surface area contributed by atoms with Crippen molar-refractivity contribution in [3.05, 3.63) is 23.3 Å². The Labute approximate surface area is 121 Å². The third-order valence-electron chi connectivity index (χ3n) is 2.69. The van der Waals surface area contributed by atoms with Gasteiger partial charge in [-0.25, -0.2) is 13.1 Å². The maximum absolute atomic E-state index is 12.2. The van der Waals surface area contributed by atoms with Gasteiger partial charge in [0, 0.05) is 12.6 Å². The summed E-state index contributed by atoms with van der Waals surface area (Å²) in [6, 6.07) is 3.04. The van der Waals surface area contributed by atoms with Gasteiger partial charge in [0.15, 0.2) is 0 Å². The van der Waals surface area contributed by atoms with Gasteiger partial charge in [0.2, 0.25) is 10.0 Å². The summed E-state index contributed by atoms with van der Waals surface area (Å²) in [5.74, 6) is 0.679. The average Bonchev–Trinajstić information content (AvgIpc) is 2.30. The molecule has 19 heavy (non-hydrogen) atoms. The second-order valence-electron chi connectivity index (χ2n) is 4.35. The summed E-state index contributed by atoms with van der Waals surface area (Å²) in [6.45, 7) is 5.53. The molecule has 0 spiro atoms. The first kappa shape index (κ1) is 18.2. The Morgan fingerprint density at radius 1 is 1.32 bits per heavy atom. The molecule has 0 amide bonds. The number of nitrogens with one attached hydrogen (secondary N) is 1. The molecule has 0 radical (unpaired) electrons. The Balaban J connectivity index is 0.00000324. The summed E-state index contributed by atoms with van der Waals surface area (Å²) in [5.41, 5.74) is 6.85. The van der Waals surface area contributed by atoms with Crippen LogP contribution in [0.15, 0.2) is 17.0 Å². The van der Waals surface area contributed by atoms with Crippen LogP contribution in [-0.4, -0.2) is 28.1 Å². The van der Waals surface area contributed by atoms with Gasteiger partial charge in [-0.15, -0.1) is 12.4 Å². The van der Waals surface area contributed by atoms with Crippen LogP contribution in [0.4, 0.5) is 0 Å². The number of rotatable bonds is 5. The molecule has 1 aromatic rings. The van der Waals surface area contributed by atoms with Crippen LogP contribution >= 0.6 is 12.4 Å². The molecule has 1 atom stereocenters. The number of benzene rings is 1. The van der Waals surface area contributed by atoms with Crippen molar-refractivity contribution in [1.29, 1.82) is 0 Å². The summed E-state index contributed by atoms with van der Waals surface area (Å²) in [4.78, 5) is 0.265. The lowest BCUT2D eigenvalue weighted by Crippen LogP contribution is -2.38. The van der Waals surface area contributed by atoms with Gasteiger partial charge in [-0.1, -0.05) is 0 Å². The maximum Gasteiger partial charge on any atom is 0.241 e. The van der Waals surface area contributed by atoms with Crippen LogP contribution in [0, 0.1) is 13.8 Å². The summed E-state index contributed by atoms with van der Waals surface area (Å²) in [7, 11) is -1.98. The molecular formula is C12H21ClN2O3S. The van der Waals surface area contributed by atoms with Crippen LogP contribution < -0.4 is 15.2 Å². The zero-order valence-electron chi connectivity index (χ0n) is 11.6. The molecule has 0 unspecified atom stereocenters. The van der Waals surface area contributed by atoms with Crippen molar-refractivity contribution < 1.29 is 13.2 Å². The molecule has 3 N–H and O–H groups in total. The fraction of sp³-hybridized carbons (Fsp3) is 0.500. The molecule has 0 fully saturated rings. The topological polar surface area (TPSA) is 81.4 Å². The number of aryl methyl sites for hydroxylation is 2. The minimum absolute atomic E-state index is 0. The zero-order valence-corrected chi connectivity index (χ0v) is 13.2. The lowest BCUT2D eigenvalue weighted by atomic mass is 10.1. The van der Waals surface area contributed by atoms with Crippen molar-refractivity contribution >= 4 is 22.4 Å². The van der Waals surface area contributed by atoms with E-state index in [1.54, 1.807) is 33.1 Å². The van der Waals surface area contributed by atoms with Crippen molar-refractivity contribution in [2.75, 3.05) is 13.7 Å². The van der Waals surface area contributed by atoms with Gasteiger partial charge in [0.05, 0.1) is 12.0 Å². The van der Waals surface area contributed by atoms with E-state index in [1.807, 2.05) is 6.92 Å². The standard InChI is InChI=1S/C12H20N2O3S.ClH/c1-8-6-12(9(2)5-11(8)17-4)18(15,16)14-10(3)7-13;/h5-6,10,14H,7,13H2,1-4H3;1H/t10-;/m0./s1. The Morgan fingerprint density at radius 3 is 2.37 bits per heavy atom. The number of sulfonamides is 1. The predicted molar refractivity (Wildman–Crippen MR) is 78.6 cm³/mol. The number of halogens is 1. The van der Waals surface area contributed by atoms with Gasteiger partial charge < -0.3 is 10.5 Å². The SMILES string of the molecule is COc1cc(C)c(S(=O)(=O)N[C@@H](C)CN)cc1C.Cl. The van der Waals surface area contributed by atoms with E-state index in [0.717, 1.165) is 5.56 Å². The largest absolute Gasteiger partial charge is 0.496 e. The van der Waals surface area contributed by atoms with Crippen LogP contribution in [0.25, 0.3) is 0 Å². The summed E-state index contributed by atoms with van der Waals surface area (Å²) >= 11 is 0. The lowest BCUT2D eigenvalue weighted by molar-refractivity contribution is 0.411. The normalized spacial score (nSPS) is 12.7. The lowest BCUT2D eigenvalue weighted by Gasteiger charge is -2.15. The first-order chi connectivity index (χ1) is 8.31. The van der Waals surface area contributed by atoms with E-state index in [4.69, 9.17) is 10.5 Å². The number of nitrogens with two attached hydrogens (primary N) is 1. The first-order valence-electron chi connectivity index (χ1n) is 5.69. The van der Waals surface area contributed by atoms with E-state index in [-0.39, 0.29) is 29.9 Å². The van der Waals surface area contributed by atoms with Crippen LogP contribution in [0.3, 0.4) is 0 Å². The fourth-order valence-corrected chi connectivity index (χ4v) is 3.22. The molecule has 7 heteroatoms. The minimum Gasteiger partial charge on any atom is -0.496 e. The molecule has 0 saturated heterocycles. The van der Waals surface area contributed by atoms with Crippen molar-refractivity contribution in [1.82, 2.24) is 4.72 Å². The Morgan fingerprint density at radius 2 is 1.89 bits per heavy atom. The van der Waals surface area contributed by atoms with Crippen LogP contribution in [0.5, 0.6) is 5.75 Å². The zero-order chi connectivity index (χ0) is 13.9. The van der Waals surface area contributed by atoms with E-state index in [2.05, 4.69) is 4.72 Å². The number of hydrogen-bond donors (Lipinski definition) is 2. The van der Waals surface area contributed by atoms with Crippen LogP contribution in [-0.2, 0) is 10.0 Å². The van der Waals surface area contributed by atoms with E-state index in [9.17, 15) is 8.42 Å². The highest BCUT2D eigenvalue weighted by molar-refractivity contribution is 7.89. The summed E-state index contributed by atoms with van der Waals surface area (Å²) in [6.07, 6.45) is 0. The molecule has 1 rings (SSSR count).